The molecule has 27 heavy (non-hydrogen) atoms. The summed E-state index contributed by atoms with van der Waals surface area (Å²) in [5.74, 6) is -1.35. The molecule has 1 atom stereocenters. The molecule has 1 unspecified atom stereocenters. The molecule has 3 rings (SSSR count). The first-order chi connectivity index (χ1) is 13.0. The lowest BCUT2D eigenvalue weighted by Gasteiger charge is -2.29. The third-order valence-corrected chi connectivity index (χ3v) is 4.45. The number of imide groups is 1. The summed E-state index contributed by atoms with van der Waals surface area (Å²) in [6.07, 6.45) is 0.478. The average molecular weight is 376 g/mol. The maximum atomic E-state index is 12.6. The highest BCUT2D eigenvalue weighted by molar-refractivity contribution is 6.05. The van der Waals surface area contributed by atoms with E-state index in [0.717, 1.165) is 5.56 Å². The second-order valence-electron chi connectivity index (χ2n) is 6.32. The molecular weight excluding hydrogens is 356 g/mol. The van der Waals surface area contributed by atoms with Gasteiger partial charge in [-0.25, -0.2) is 0 Å². The summed E-state index contributed by atoms with van der Waals surface area (Å²) in [4.78, 5) is 47.7. The van der Waals surface area contributed by atoms with Crippen molar-refractivity contribution < 1.29 is 33.8 Å². The zero-order valence-electron chi connectivity index (χ0n) is 14.6. The van der Waals surface area contributed by atoms with Crippen molar-refractivity contribution in [3.05, 3.63) is 29.3 Å². The van der Waals surface area contributed by atoms with Crippen molar-refractivity contribution in [3.63, 3.8) is 0 Å². The van der Waals surface area contributed by atoms with Gasteiger partial charge in [-0.15, -0.1) is 0 Å². The van der Waals surface area contributed by atoms with Gasteiger partial charge in [-0.1, -0.05) is 0 Å². The Balaban J connectivity index is 1.55. The molecule has 2 N–H and O–H groups in total. The Labute approximate surface area is 155 Å². The minimum Gasteiger partial charge on any atom is -0.491 e. The number of ether oxygens (including phenoxy) is 2. The van der Waals surface area contributed by atoms with Gasteiger partial charge in [0.15, 0.2) is 0 Å². The number of rotatable bonds is 8. The Hall–Kier alpha value is -2.94. The summed E-state index contributed by atoms with van der Waals surface area (Å²) in [6.45, 7) is 0.917. The number of fused-ring (bicyclic) bond motifs is 1. The molecule has 1 saturated heterocycles. The van der Waals surface area contributed by atoms with E-state index < -0.39 is 17.9 Å². The van der Waals surface area contributed by atoms with Crippen molar-refractivity contribution in [1.82, 2.24) is 10.2 Å². The van der Waals surface area contributed by atoms with Crippen LogP contribution in [0.25, 0.3) is 0 Å². The predicted octanol–water partition coefficient (Wildman–Crippen LogP) is 0.318. The lowest BCUT2D eigenvalue weighted by Crippen LogP contribution is -2.52. The molecular formula is C18H20N2O7. The van der Waals surface area contributed by atoms with Crippen LogP contribution in [0.15, 0.2) is 18.2 Å². The molecule has 0 aliphatic carbocycles. The minimum absolute atomic E-state index is 0.0584. The number of piperidine rings is 1. The Morgan fingerprint density at radius 2 is 2.04 bits per heavy atom. The monoisotopic (exact) mass is 376 g/mol. The summed E-state index contributed by atoms with van der Waals surface area (Å²) in [7, 11) is 0. The third kappa shape index (κ3) is 4.43. The van der Waals surface area contributed by atoms with Crippen LogP contribution in [0, 0.1) is 0 Å². The molecule has 2 heterocycles. The zero-order valence-corrected chi connectivity index (χ0v) is 14.6. The van der Waals surface area contributed by atoms with E-state index in [-0.39, 0.29) is 51.0 Å². The minimum atomic E-state index is -0.917. The van der Waals surface area contributed by atoms with E-state index in [1.807, 2.05) is 0 Å². The second-order valence-corrected chi connectivity index (χ2v) is 6.32. The van der Waals surface area contributed by atoms with Crippen molar-refractivity contribution in [2.75, 3.05) is 19.8 Å². The van der Waals surface area contributed by atoms with Crippen LogP contribution in [0.3, 0.4) is 0 Å². The lowest BCUT2D eigenvalue weighted by molar-refractivity contribution is -0.139. The average Bonchev–Trinajstić information content (AvgIpc) is 2.94. The van der Waals surface area contributed by atoms with Crippen LogP contribution in [-0.4, -0.2) is 59.6 Å². The number of nitrogens with zero attached hydrogens (tertiary/aromatic N) is 1. The SMILES string of the molecule is O=C(O)CCOCCOc1ccc2c(c1)CN(C1CCC(=O)NC1=O)C2=O. The molecule has 0 spiro atoms. The van der Waals surface area contributed by atoms with Crippen LogP contribution in [0.2, 0.25) is 0 Å². The molecule has 2 aliphatic rings. The highest BCUT2D eigenvalue weighted by atomic mass is 16.5. The first-order valence-corrected chi connectivity index (χ1v) is 8.65. The first-order valence-electron chi connectivity index (χ1n) is 8.65. The lowest BCUT2D eigenvalue weighted by atomic mass is 10.0. The van der Waals surface area contributed by atoms with Crippen molar-refractivity contribution >= 4 is 23.7 Å². The van der Waals surface area contributed by atoms with Gasteiger partial charge in [0.2, 0.25) is 11.8 Å². The van der Waals surface area contributed by atoms with Crippen LogP contribution in [0.5, 0.6) is 5.75 Å². The number of nitrogens with one attached hydrogen (secondary N) is 1. The summed E-state index contributed by atoms with van der Waals surface area (Å²) >= 11 is 0. The van der Waals surface area contributed by atoms with Crippen LogP contribution < -0.4 is 10.1 Å². The number of benzene rings is 1. The van der Waals surface area contributed by atoms with E-state index >= 15 is 0 Å². The molecule has 0 saturated carbocycles. The van der Waals surface area contributed by atoms with E-state index in [0.29, 0.717) is 17.7 Å². The van der Waals surface area contributed by atoms with Crippen molar-refractivity contribution in [2.24, 2.45) is 0 Å². The largest absolute Gasteiger partial charge is 0.491 e. The number of carboxylic acids is 1. The van der Waals surface area contributed by atoms with Crippen LogP contribution >= 0.6 is 0 Å². The molecule has 1 fully saturated rings. The Morgan fingerprint density at radius 1 is 1.22 bits per heavy atom. The maximum absolute atomic E-state index is 12.6. The number of hydrogen-bond donors (Lipinski definition) is 2. The quantitative estimate of drug-likeness (QED) is 0.495. The number of carbonyl (C=O) groups excluding carboxylic acids is 3. The van der Waals surface area contributed by atoms with Gasteiger partial charge < -0.3 is 19.5 Å². The first kappa shape index (κ1) is 18.8. The second kappa shape index (κ2) is 8.17. The number of hydrogen-bond acceptors (Lipinski definition) is 6. The highest BCUT2D eigenvalue weighted by Gasteiger charge is 2.39. The van der Waals surface area contributed by atoms with Crippen LogP contribution in [0.1, 0.15) is 35.2 Å². The topological polar surface area (TPSA) is 122 Å². The normalized spacial score (nSPS) is 19.0. The smallest absolute Gasteiger partial charge is 0.305 e. The Bertz CT molecular complexity index is 777. The van der Waals surface area contributed by atoms with Gasteiger partial charge in [-0.05, 0) is 30.2 Å². The molecule has 0 aromatic heterocycles. The molecule has 3 amide bonds. The van der Waals surface area contributed by atoms with Gasteiger partial charge in [0.05, 0.1) is 19.6 Å². The summed E-state index contributed by atoms with van der Waals surface area (Å²) < 4.78 is 10.7. The molecule has 2 aliphatic heterocycles. The molecule has 9 heteroatoms. The molecule has 0 bridgehead atoms. The summed E-state index contributed by atoms with van der Waals surface area (Å²) in [5.41, 5.74) is 1.28. The maximum Gasteiger partial charge on any atom is 0.305 e. The molecule has 1 aromatic carbocycles. The predicted molar refractivity (Wildman–Crippen MR) is 91.1 cm³/mol. The number of carbonyl (C=O) groups is 4. The van der Waals surface area contributed by atoms with Crippen LogP contribution in [-0.2, 0) is 25.7 Å². The number of carboxylic acid groups (broad SMARTS) is 1. The van der Waals surface area contributed by atoms with Gasteiger partial charge in [-0.2, -0.15) is 0 Å². The Morgan fingerprint density at radius 3 is 2.78 bits per heavy atom. The van der Waals surface area contributed by atoms with Crippen molar-refractivity contribution in [1.29, 1.82) is 0 Å². The van der Waals surface area contributed by atoms with Crippen LogP contribution in [0.4, 0.5) is 0 Å². The standard InChI is InChI=1S/C18H20N2O7/c21-15-4-3-14(17(24)19-15)20-10-11-9-12(1-2-13(11)18(20)25)27-8-7-26-6-5-16(22)23/h1-2,9,14H,3-8,10H2,(H,22,23)(H,19,21,24). The highest BCUT2D eigenvalue weighted by Crippen LogP contribution is 2.30. The Kier molecular flexibility index (Phi) is 5.70. The summed E-state index contributed by atoms with van der Waals surface area (Å²) in [6, 6.07) is 4.43. The fraction of sp³-hybridized carbons (Fsp3) is 0.444. The van der Waals surface area contributed by atoms with Gasteiger partial charge in [0, 0.05) is 18.5 Å². The fourth-order valence-electron chi connectivity index (χ4n) is 3.12. The molecule has 0 radical (unpaired) electrons. The van der Waals surface area contributed by atoms with Gasteiger partial charge in [-0.3, -0.25) is 24.5 Å². The van der Waals surface area contributed by atoms with E-state index in [1.165, 1.54) is 4.90 Å². The van der Waals surface area contributed by atoms with E-state index in [4.69, 9.17) is 14.6 Å². The molecule has 1 aromatic rings. The number of aliphatic carboxylic acids is 1. The molecule has 9 nitrogen and oxygen atoms in total. The third-order valence-electron chi connectivity index (χ3n) is 4.45. The van der Waals surface area contributed by atoms with Gasteiger partial charge >= 0.3 is 5.97 Å². The van der Waals surface area contributed by atoms with Crippen molar-refractivity contribution in [2.45, 2.75) is 31.8 Å². The fourth-order valence-corrected chi connectivity index (χ4v) is 3.12. The van der Waals surface area contributed by atoms with Crippen molar-refractivity contribution in [3.8, 4) is 5.75 Å². The zero-order chi connectivity index (χ0) is 19.4. The van der Waals surface area contributed by atoms with E-state index in [2.05, 4.69) is 5.32 Å². The van der Waals surface area contributed by atoms with E-state index in [9.17, 15) is 19.2 Å². The van der Waals surface area contributed by atoms with E-state index in [1.54, 1.807) is 18.2 Å². The number of amides is 3. The summed E-state index contributed by atoms with van der Waals surface area (Å²) in [5, 5.41) is 10.8. The van der Waals surface area contributed by atoms with Gasteiger partial charge in [0.1, 0.15) is 18.4 Å². The van der Waals surface area contributed by atoms with Gasteiger partial charge in [0.25, 0.3) is 5.91 Å². The molecule has 144 valence electrons.